The van der Waals surface area contributed by atoms with Crippen LogP contribution in [-0.2, 0) is 22.7 Å². The third-order valence-corrected chi connectivity index (χ3v) is 4.92. The second kappa shape index (κ2) is 6.00. The van der Waals surface area contributed by atoms with Gasteiger partial charge < -0.3 is 9.30 Å². The first kappa shape index (κ1) is 15.7. The molecule has 108 valence electrons. The van der Waals surface area contributed by atoms with Crippen LogP contribution in [0.3, 0.4) is 0 Å². The lowest BCUT2D eigenvalue weighted by atomic mass is 10.3. The van der Waals surface area contributed by atoms with Crippen LogP contribution < -0.4 is 4.74 Å². The van der Waals surface area contributed by atoms with Crippen molar-refractivity contribution in [2.24, 2.45) is 7.05 Å². The molecule has 0 saturated carbocycles. The van der Waals surface area contributed by atoms with Crippen molar-refractivity contribution in [3.05, 3.63) is 33.2 Å². The van der Waals surface area contributed by atoms with E-state index in [0.29, 0.717) is 20.5 Å². The van der Waals surface area contributed by atoms with Gasteiger partial charge in [-0.25, -0.2) is 8.42 Å². The van der Waals surface area contributed by atoms with E-state index in [9.17, 15) is 8.42 Å². The van der Waals surface area contributed by atoms with Crippen LogP contribution in [0.25, 0.3) is 0 Å². The van der Waals surface area contributed by atoms with Crippen LogP contribution >= 0.6 is 42.5 Å². The van der Waals surface area contributed by atoms with Crippen LogP contribution in [0.4, 0.5) is 0 Å². The summed E-state index contributed by atoms with van der Waals surface area (Å²) in [7, 11) is 3.30. The molecule has 0 amide bonds. The van der Waals surface area contributed by atoms with Crippen LogP contribution in [0, 0.1) is 0 Å². The van der Waals surface area contributed by atoms with E-state index in [4.69, 9.17) is 15.4 Å². The van der Waals surface area contributed by atoms with Gasteiger partial charge in [0.05, 0.1) is 13.8 Å². The van der Waals surface area contributed by atoms with Gasteiger partial charge in [-0.2, -0.15) is 0 Å². The lowest BCUT2D eigenvalue weighted by Gasteiger charge is -2.11. The number of hydrogen-bond donors (Lipinski definition) is 0. The van der Waals surface area contributed by atoms with Crippen LogP contribution in [0.5, 0.6) is 5.75 Å². The summed E-state index contributed by atoms with van der Waals surface area (Å²) in [5.74, 6) is 1.09. The lowest BCUT2D eigenvalue weighted by molar-refractivity contribution is 0.287. The van der Waals surface area contributed by atoms with Gasteiger partial charge in [-0.15, -0.1) is 10.2 Å². The van der Waals surface area contributed by atoms with Crippen molar-refractivity contribution in [3.8, 4) is 5.75 Å². The minimum Gasteiger partial charge on any atom is -0.483 e. The van der Waals surface area contributed by atoms with E-state index in [2.05, 4.69) is 42.1 Å². The molecule has 2 rings (SSSR count). The number of hydrogen-bond acceptors (Lipinski definition) is 5. The number of aryl methyl sites for hydroxylation is 1. The summed E-state index contributed by atoms with van der Waals surface area (Å²) in [5.41, 5.74) is 0. The Bertz CT molecular complexity index is 725. The SMILES string of the molecule is Cn1cnnc1COc1c(Br)cc(S(=O)(=O)Cl)cc1Br. The first-order chi connectivity index (χ1) is 9.29. The quantitative estimate of drug-likeness (QED) is 0.677. The van der Waals surface area contributed by atoms with Crippen molar-refractivity contribution in [3.63, 3.8) is 0 Å². The molecule has 20 heavy (non-hydrogen) atoms. The number of halogens is 3. The Morgan fingerprint density at radius 2 is 1.95 bits per heavy atom. The van der Waals surface area contributed by atoms with Crippen molar-refractivity contribution >= 4 is 51.6 Å². The molecule has 1 heterocycles. The number of benzene rings is 1. The minimum absolute atomic E-state index is 0.0241. The fourth-order valence-electron chi connectivity index (χ4n) is 1.39. The number of rotatable bonds is 4. The first-order valence-corrected chi connectivity index (χ1v) is 9.08. The van der Waals surface area contributed by atoms with E-state index in [-0.39, 0.29) is 11.5 Å². The van der Waals surface area contributed by atoms with Crippen molar-refractivity contribution in [2.75, 3.05) is 0 Å². The zero-order chi connectivity index (χ0) is 14.9. The van der Waals surface area contributed by atoms with Crippen LogP contribution in [0.1, 0.15) is 5.82 Å². The summed E-state index contributed by atoms with van der Waals surface area (Å²) in [6.07, 6.45) is 1.56. The third kappa shape index (κ3) is 3.51. The third-order valence-electron chi connectivity index (χ3n) is 2.40. The number of nitrogens with zero attached hydrogens (tertiary/aromatic N) is 3. The molecule has 0 aliphatic rings. The van der Waals surface area contributed by atoms with Crippen LogP contribution in [0.2, 0.25) is 0 Å². The molecule has 0 aliphatic carbocycles. The molecule has 0 aliphatic heterocycles. The Balaban J connectivity index is 2.27. The van der Waals surface area contributed by atoms with Crippen LogP contribution in [-0.4, -0.2) is 23.2 Å². The predicted octanol–water partition coefficient (Wildman–Crippen LogP) is 2.85. The first-order valence-electron chi connectivity index (χ1n) is 5.18. The maximum absolute atomic E-state index is 11.3. The van der Waals surface area contributed by atoms with Gasteiger partial charge in [0.1, 0.15) is 18.7 Å². The Hall–Kier alpha value is -0.640. The van der Waals surface area contributed by atoms with Gasteiger partial charge in [-0.1, -0.05) is 0 Å². The van der Waals surface area contributed by atoms with Crippen molar-refractivity contribution in [2.45, 2.75) is 11.5 Å². The molecule has 0 atom stereocenters. The Morgan fingerprint density at radius 1 is 1.35 bits per heavy atom. The molecule has 2 aromatic rings. The normalized spacial score (nSPS) is 11.6. The fourth-order valence-corrected chi connectivity index (χ4v) is 3.89. The Kier molecular flexibility index (Phi) is 4.73. The highest BCUT2D eigenvalue weighted by molar-refractivity contribution is 9.11. The summed E-state index contributed by atoms with van der Waals surface area (Å²) >= 11 is 6.50. The predicted molar refractivity (Wildman–Crippen MR) is 80.2 cm³/mol. The molecule has 10 heteroatoms. The van der Waals surface area contributed by atoms with Gasteiger partial charge in [0.2, 0.25) is 0 Å². The standard InChI is InChI=1S/C10H8Br2ClN3O3S/c1-16-5-14-15-9(16)4-19-10-7(11)2-6(3-8(10)12)20(13,17)18/h2-3,5H,4H2,1H3. The molecular weight excluding hydrogens is 437 g/mol. The fraction of sp³-hybridized carbons (Fsp3) is 0.200. The van der Waals surface area contributed by atoms with E-state index >= 15 is 0 Å². The average molecular weight is 446 g/mol. The lowest BCUT2D eigenvalue weighted by Crippen LogP contribution is -2.04. The van der Waals surface area contributed by atoms with Crippen molar-refractivity contribution in [1.82, 2.24) is 14.8 Å². The maximum Gasteiger partial charge on any atom is 0.261 e. The monoisotopic (exact) mass is 443 g/mol. The smallest absolute Gasteiger partial charge is 0.261 e. The van der Waals surface area contributed by atoms with Gasteiger partial charge in [0.25, 0.3) is 9.05 Å². The zero-order valence-corrected chi connectivity index (χ0v) is 14.8. The molecule has 0 bridgehead atoms. The number of aromatic nitrogens is 3. The second-order valence-corrected chi connectivity index (χ2v) is 8.08. The molecule has 0 N–H and O–H groups in total. The Labute approximate surface area is 136 Å². The molecular formula is C10H8Br2ClN3O3S. The van der Waals surface area contributed by atoms with Crippen molar-refractivity contribution < 1.29 is 13.2 Å². The van der Waals surface area contributed by atoms with E-state index in [1.165, 1.54) is 12.1 Å². The average Bonchev–Trinajstić information content (AvgIpc) is 2.72. The highest BCUT2D eigenvalue weighted by atomic mass is 79.9. The van der Waals surface area contributed by atoms with Gasteiger partial charge in [-0.3, -0.25) is 0 Å². The molecule has 0 unspecified atom stereocenters. The summed E-state index contributed by atoms with van der Waals surface area (Å²) in [4.78, 5) is -0.0241. The highest BCUT2D eigenvalue weighted by Gasteiger charge is 2.17. The largest absolute Gasteiger partial charge is 0.483 e. The van der Waals surface area contributed by atoms with Gasteiger partial charge in [-0.05, 0) is 44.0 Å². The molecule has 0 saturated heterocycles. The van der Waals surface area contributed by atoms with Gasteiger partial charge in [0.15, 0.2) is 5.82 Å². The van der Waals surface area contributed by atoms with Crippen molar-refractivity contribution in [1.29, 1.82) is 0 Å². The molecule has 0 radical (unpaired) electrons. The minimum atomic E-state index is -3.80. The highest BCUT2D eigenvalue weighted by Crippen LogP contribution is 2.37. The summed E-state index contributed by atoms with van der Waals surface area (Å²) < 4.78 is 30.9. The van der Waals surface area contributed by atoms with Gasteiger partial charge >= 0.3 is 0 Å². The molecule has 0 spiro atoms. The zero-order valence-electron chi connectivity index (χ0n) is 10.0. The maximum atomic E-state index is 11.3. The van der Waals surface area contributed by atoms with Crippen LogP contribution in [0.15, 0.2) is 32.3 Å². The van der Waals surface area contributed by atoms with E-state index < -0.39 is 9.05 Å². The summed E-state index contributed by atoms with van der Waals surface area (Å²) in [5, 5.41) is 7.63. The number of ether oxygens (including phenoxy) is 1. The second-order valence-electron chi connectivity index (χ2n) is 3.80. The van der Waals surface area contributed by atoms with E-state index in [0.717, 1.165) is 0 Å². The topological polar surface area (TPSA) is 74.1 Å². The summed E-state index contributed by atoms with van der Waals surface area (Å²) in [6, 6.07) is 2.75. The molecule has 1 aromatic carbocycles. The molecule has 1 aromatic heterocycles. The Morgan fingerprint density at radius 3 is 2.40 bits per heavy atom. The van der Waals surface area contributed by atoms with E-state index in [1.807, 2.05) is 0 Å². The molecule has 0 fully saturated rings. The van der Waals surface area contributed by atoms with E-state index in [1.54, 1.807) is 17.9 Å². The molecule has 6 nitrogen and oxygen atoms in total. The summed E-state index contributed by atoms with van der Waals surface area (Å²) in [6.45, 7) is 0.195. The van der Waals surface area contributed by atoms with Gasteiger partial charge in [0, 0.05) is 17.7 Å².